The van der Waals surface area contributed by atoms with Crippen LogP contribution < -0.4 is 10.7 Å². The fraction of sp³-hybridized carbons (Fsp3) is 0.526. The molecule has 1 atom stereocenters. The number of carbonyl (C=O) groups excluding carboxylic acids is 1. The van der Waals surface area contributed by atoms with Crippen LogP contribution in [0.25, 0.3) is 10.9 Å². The van der Waals surface area contributed by atoms with Gasteiger partial charge in [-0.05, 0) is 24.5 Å². The van der Waals surface area contributed by atoms with Gasteiger partial charge in [-0.2, -0.15) is 5.10 Å². The van der Waals surface area contributed by atoms with E-state index in [1.807, 2.05) is 18.2 Å². The van der Waals surface area contributed by atoms with Crippen LogP contribution in [0, 0.1) is 5.92 Å². The molecule has 2 rings (SSSR count). The lowest BCUT2D eigenvalue weighted by molar-refractivity contribution is -0.121. The van der Waals surface area contributed by atoms with E-state index < -0.39 is 0 Å². The number of fused-ring (bicyclic) bond motifs is 1. The third-order valence-electron chi connectivity index (χ3n) is 4.44. The van der Waals surface area contributed by atoms with Crippen LogP contribution in [0.15, 0.2) is 35.3 Å². The molecule has 24 heavy (non-hydrogen) atoms. The Balaban J connectivity index is 1.90. The fourth-order valence-electron chi connectivity index (χ4n) is 2.84. The van der Waals surface area contributed by atoms with Crippen LogP contribution in [0.2, 0.25) is 0 Å². The lowest BCUT2D eigenvalue weighted by Crippen LogP contribution is -2.30. The topological polar surface area (TPSA) is 64.0 Å². The Morgan fingerprint density at radius 3 is 2.83 bits per heavy atom. The van der Waals surface area contributed by atoms with Crippen LogP contribution in [0.3, 0.4) is 0 Å². The van der Waals surface area contributed by atoms with Crippen LogP contribution in [0.1, 0.15) is 46.0 Å². The Kier molecular flexibility index (Phi) is 6.97. The molecule has 0 spiro atoms. The van der Waals surface area contributed by atoms with Crippen molar-refractivity contribution < 1.29 is 4.79 Å². The number of carbonyl (C=O) groups is 1. The maximum Gasteiger partial charge on any atom is 0.221 e. The highest BCUT2D eigenvalue weighted by Gasteiger charge is 2.09. The number of para-hydroxylation sites is 1. The summed E-state index contributed by atoms with van der Waals surface area (Å²) in [5.41, 5.74) is 0.681. The second-order valence-electron chi connectivity index (χ2n) is 6.22. The van der Waals surface area contributed by atoms with Gasteiger partial charge in [0.25, 0.3) is 0 Å². The van der Waals surface area contributed by atoms with E-state index in [9.17, 15) is 9.59 Å². The quantitative estimate of drug-likeness (QED) is 0.769. The lowest BCUT2D eigenvalue weighted by atomic mass is 9.99. The van der Waals surface area contributed by atoms with Crippen LogP contribution >= 0.6 is 0 Å². The van der Waals surface area contributed by atoms with Crippen molar-refractivity contribution >= 4 is 16.8 Å². The molecule has 1 heterocycles. The first-order chi connectivity index (χ1) is 11.7. The summed E-state index contributed by atoms with van der Waals surface area (Å²) < 4.78 is 1.73. The Labute approximate surface area is 143 Å². The zero-order valence-electron chi connectivity index (χ0n) is 14.6. The first-order valence-corrected chi connectivity index (χ1v) is 8.87. The van der Waals surface area contributed by atoms with Crippen molar-refractivity contribution in [3.8, 4) is 0 Å². The molecule has 5 nitrogen and oxygen atoms in total. The van der Waals surface area contributed by atoms with Crippen LogP contribution in [-0.2, 0) is 11.3 Å². The number of hydrogen-bond acceptors (Lipinski definition) is 3. The number of rotatable bonds is 9. The SMILES string of the molecule is CCCCC(CC)CNC(=O)CCn1ncc(=O)c2ccccc21. The minimum Gasteiger partial charge on any atom is -0.356 e. The molecule has 0 radical (unpaired) electrons. The van der Waals surface area contributed by atoms with Gasteiger partial charge < -0.3 is 5.32 Å². The Morgan fingerprint density at radius 2 is 2.08 bits per heavy atom. The highest BCUT2D eigenvalue weighted by Crippen LogP contribution is 2.11. The van der Waals surface area contributed by atoms with Gasteiger partial charge in [0.15, 0.2) is 0 Å². The Bertz CT molecular complexity index is 724. The molecular formula is C19H27N3O2. The summed E-state index contributed by atoms with van der Waals surface area (Å²) in [5, 5.41) is 7.82. The molecule has 1 N–H and O–H groups in total. The second kappa shape index (κ2) is 9.21. The van der Waals surface area contributed by atoms with Gasteiger partial charge in [0.2, 0.25) is 11.3 Å². The summed E-state index contributed by atoms with van der Waals surface area (Å²) in [5.74, 6) is 0.592. The van der Waals surface area contributed by atoms with Gasteiger partial charge in [0.1, 0.15) is 0 Å². The van der Waals surface area contributed by atoms with Crippen molar-refractivity contribution in [2.24, 2.45) is 5.92 Å². The second-order valence-corrected chi connectivity index (χ2v) is 6.22. The first kappa shape index (κ1) is 18.2. The monoisotopic (exact) mass is 329 g/mol. The molecule has 0 saturated heterocycles. The minimum atomic E-state index is -0.0898. The van der Waals surface area contributed by atoms with Crippen molar-refractivity contribution in [1.29, 1.82) is 0 Å². The van der Waals surface area contributed by atoms with Gasteiger partial charge >= 0.3 is 0 Å². The summed E-state index contributed by atoms with van der Waals surface area (Å²) in [6.45, 7) is 5.57. The molecule has 5 heteroatoms. The predicted molar refractivity (Wildman–Crippen MR) is 96.9 cm³/mol. The van der Waals surface area contributed by atoms with Crippen molar-refractivity contribution in [3.63, 3.8) is 0 Å². The van der Waals surface area contributed by atoms with Crippen molar-refractivity contribution in [2.45, 2.75) is 52.5 Å². The van der Waals surface area contributed by atoms with E-state index in [-0.39, 0.29) is 11.3 Å². The molecule has 0 aliphatic rings. The smallest absolute Gasteiger partial charge is 0.221 e. The number of benzene rings is 1. The molecule has 1 unspecified atom stereocenters. The van der Waals surface area contributed by atoms with Crippen molar-refractivity contribution in [3.05, 3.63) is 40.7 Å². The van der Waals surface area contributed by atoms with Crippen molar-refractivity contribution in [2.75, 3.05) is 6.54 Å². The van der Waals surface area contributed by atoms with E-state index in [1.165, 1.54) is 25.5 Å². The normalized spacial score (nSPS) is 12.2. The third kappa shape index (κ3) is 4.91. The number of aromatic nitrogens is 2. The third-order valence-corrected chi connectivity index (χ3v) is 4.44. The van der Waals surface area contributed by atoms with Gasteiger partial charge in [0, 0.05) is 18.4 Å². The number of amides is 1. The van der Waals surface area contributed by atoms with Gasteiger partial charge in [-0.3, -0.25) is 14.3 Å². The van der Waals surface area contributed by atoms with Gasteiger partial charge in [0.05, 0.1) is 18.3 Å². The predicted octanol–water partition coefficient (Wildman–Crippen LogP) is 3.12. The highest BCUT2D eigenvalue weighted by molar-refractivity contribution is 5.79. The Hall–Kier alpha value is -2.17. The standard InChI is InChI=1S/C19H27N3O2/c1-3-5-8-15(4-2)13-20-19(24)11-12-22-17-10-7-6-9-16(17)18(23)14-21-22/h6-7,9-10,14-15H,3-5,8,11-13H2,1-2H3,(H,20,24). The molecule has 0 saturated carbocycles. The molecule has 1 aromatic carbocycles. The fourth-order valence-corrected chi connectivity index (χ4v) is 2.84. The number of unbranched alkanes of at least 4 members (excludes halogenated alkanes) is 1. The highest BCUT2D eigenvalue weighted by atomic mass is 16.1. The maximum absolute atomic E-state index is 12.1. The molecule has 1 aromatic heterocycles. The molecule has 1 amide bonds. The van der Waals surface area contributed by atoms with Gasteiger partial charge in [-0.25, -0.2) is 0 Å². The van der Waals surface area contributed by atoms with Gasteiger partial charge in [-0.15, -0.1) is 0 Å². The van der Waals surface area contributed by atoms with Crippen molar-refractivity contribution in [1.82, 2.24) is 15.1 Å². The minimum absolute atomic E-state index is 0.0366. The van der Waals surface area contributed by atoms with E-state index in [0.29, 0.717) is 24.3 Å². The van der Waals surface area contributed by atoms with Crippen LogP contribution in [-0.4, -0.2) is 22.2 Å². The summed E-state index contributed by atoms with van der Waals surface area (Å²) >= 11 is 0. The van der Waals surface area contributed by atoms with E-state index in [1.54, 1.807) is 10.7 Å². The molecule has 2 aromatic rings. The molecule has 130 valence electrons. The lowest BCUT2D eigenvalue weighted by Gasteiger charge is -2.15. The molecular weight excluding hydrogens is 302 g/mol. The molecule has 0 aliphatic carbocycles. The zero-order valence-corrected chi connectivity index (χ0v) is 14.6. The van der Waals surface area contributed by atoms with E-state index in [0.717, 1.165) is 18.5 Å². The summed E-state index contributed by atoms with van der Waals surface area (Å²) in [6, 6.07) is 7.36. The largest absolute Gasteiger partial charge is 0.356 e. The van der Waals surface area contributed by atoms with E-state index >= 15 is 0 Å². The molecule has 0 aliphatic heterocycles. The van der Waals surface area contributed by atoms with Crippen LogP contribution in [0.4, 0.5) is 0 Å². The average molecular weight is 329 g/mol. The van der Waals surface area contributed by atoms with E-state index in [4.69, 9.17) is 0 Å². The summed E-state index contributed by atoms with van der Waals surface area (Å²) in [7, 11) is 0. The number of aryl methyl sites for hydroxylation is 1. The summed E-state index contributed by atoms with van der Waals surface area (Å²) in [6.07, 6.45) is 6.34. The molecule has 0 fully saturated rings. The Morgan fingerprint density at radius 1 is 1.29 bits per heavy atom. The number of hydrogen-bond donors (Lipinski definition) is 1. The molecule has 0 bridgehead atoms. The van der Waals surface area contributed by atoms with Crippen LogP contribution in [0.5, 0.6) is 0 Å². The van der Waals surface area contributed by atoms with Gasteiger partial charge in [-0.1, -0.05) is 45.2 Å². The average Bonchev–Trinajstić information content (AvgIpc) is 2.61. The number of nitrogens with one attached hydrogen (secondary N) is 1. The summed E-state index contributed by atoms with van der Waals surface area (Å²) in [4.78, 5) is 23.9. The van der Waals surface area contributed by atoms with E-state index in [2.05, 4.69) is 24.3 Å². The number of nitrogens with zero attached hydrogens (tertiary/aromatic N) is 2. The zero-order chi connectivity index (χ0) is 17.4. The maximum atomic E-state index is 12.1. The first-order valence-electron chi connectivity index (χ1n) is 8.87.